The molecule has 0 saturated heterocycles. The highest BCUT2D eigenvalue weighted by Gasteiger charge is 2.73. The van der Waals surface area contributed by atoms with Crippen molar-refractivity contribution in [3.8, 4) is 0 Å². The zero-order valence-corrected chi connectivity index (χ0v) is 9.66. The molecule has 0 radical (unpaired) electrons. The van der Waals surface area contributed by atoms with Crippen molar-refractivity contribution < 1.29 is 30.7 Å². The molecule has 0 aliphatic carbocycles. The lowest BCUT2D eigenvalue weighted by Gasteiger charge is -2.32. The molecule has 1 N–H and O–H groups in total. The average molecular weight is 289 g/mol. The first-order valence-corrected chi connectivity index (χ1v) is 5.21. The number of rotatable bonds is 3. The van der Waals surface area contributed by atoms with Gasteiger partial charge in [0.1, 0.15) is 0 Å². The van der Waals surface area contributed by atoms with Crippen LogP contribution in [0.3, 0.4) is 0 Å². The van der Waals surface area contributed by atoms with Gasteiger partial charge in [0.15, 0.2) is 0 Å². The van der Waals surface area contributed by atoms with Crippen LogP contribution in [0.15, 0.2) is 24.3 Å². The monoisotopic (exact) mass is 289 g/mol. The molecular formula is C11H10F7N. The van der Waals surface area contributed by atoms with E-state index in [1.807, 2.05) is 0 Å². The molecule has 0 aliphatic rings. The number of para-hydroxylation sites is 1. The van der Waals surface area contributed by atoms with Gasteiger partial charge in [0.2, 0.25) is 0 Å². The second-order valence-corrected chi connectivity index (χ2v) is 3.79. The standard InChI is InChI=1S/C11H10F7N/c1-2-7-5-3-4-6-8(7)19-9(12,10(13,14)15)11(16,17)18/h3-6,19H,2H2,1H3. The van der Waals surface area contributed by atoms with E-state index in [0.29, 0.717) is 0 Å². The van der Waals surface area contributed by atoms with Crippen LogP contribution in [-0.2, 0) is 6.42 Å². The van der Waals surface area contributed by atoms with Crippen molar-refractivity contribution in [3.63, 3.8) is 0 Å². The Hall–Kier alpha value is -1.47. The molecule has 8 heteroatoms. The van der Waals surface area contributed by atoms with Crippen molar-refractivity contribution in [2.24, 2.45) is 0 Å². The molecule has 0 fully saturated rings. The molecule has 19 heavy (non-hydrogen) atoms. The molecule has 1 rings (SSSR count). The molecule has 0 saturated carbocycles. The molecule has 0 bridgehead atoms. The maximum Gasteiger partial charge on any atom is 0.451 e. The third kappa shape index (κ3) is 2.93. The van der Waals surface area contributed by atoms with Gasteiger partial charge >= 0.3 is 18.1 Å². The van der Waals surface area contributed by atoms with Crippen LogP contribution >= 0.6 is 0 Å². The van der Waals surface area contributed by atoms with Crippen LogP contribution in [0.1, 0.15) is 12.5 Å². The normalized spacial score (nSPS) is 13.5. The summed E-state index contributed by atoms with van der Waals surface area (Å²) in [6.45, 7) is 1.53. The van der Waals surface area contributed by atoms with Gasteiger partial charge in [0.05, 0.1) is 0 Å². The minimum absolute atomic E-state index is 0.151. The van der Waals surface area contributed by atoms with Gasteiger partial charge in [-0.15, -0.1) is 0 Å². The van der Waals surface area contributed by atoms with Crippen LogP contribution in [0.2, 0.25) is 0 Å². The van der Waals surface area contributed by atoms with E-state index in [4.69, 9.17) is 0 Å². The van der Waals surface area contributed by atoms with E-state index in [1.165, 1.54) is 25.1 Å². The molecule has 1 aromatic carbocycles. The Labute approximate surface area is 104 Å². The number of nitrogens with one attached hydrogen (secondary N) is 1. The summed E-state index contributed by atoms with van der Waals surface area (Å²) >= 11 is 0. The summed E-state index contributed by atoms with van der Waals surface area (Å²) in [7, 11) is 0. The minimum Gasteiger partial charge on any atom is -0.338 e. The third-order valence-electron chi connectivity index (χ3n) is 2.49. The molecule has 0 heterocycles. The van der Waals surface area contributed by atoms with Crippen molar-refractivity contribution in [1.29, 1.82) is 0 Å². The predicted octanol–water partition coefficient (Wildman–Crippen LogP) is 4.45. The van der Waals surface area contributed by atoms with Gasteiger partial charge in [-0.25, -0.2) is 0 Å². The summed E-state index contributed by atoms with van der Waals surface area (Å²) < 4.78 is 87.6. The Bertz CT molecular complexity index is 421. The van der Waals surface area contributed by atoms with Crippen molar-refractivity contribution >= 4 is 5.69 Å². The summed E-state index contributed by atoms with van der Waals surface area (Å²) in [4.78, 5) is 0. The van der Waals surface area contributed by atoms with Crippen molar-refractivity contribution in [1.82, 2.24) is 0 Å². The molecule has 0 spiro atoms. The fourth-order valence-corrected chi connectivity index (χ4v) is 1.44. The number of benzene rings is 1. The highest BCUT2D eigenvalue weighted by Crippen LogP contribution is 2.46. The van der Waals surface area contributed by atoms with Crippen molar-refractivity contribution in [3.05, 3.63) is 29.8 Å². The first-order chi connectivity index (χ1) is 8.53. The summed E-state index contributed by atoms with van der Waals surface area (Å²) in [5, 5.41) is 0.938. The second-order valence-electron chi connectivity index (χ2n) is 3.79. The van der Waals surface area contributed by atoms with E-state index in [9.17, 15) is 30.7 Å². The molecule has 108 valence electrons. The highest BCUT2D eigenvalue weighted by atomic mass is 19.4. The summed E-state index contributed by atoms with van der Waals surface area (Å²) in [6.07, 6.45) is -12.1. The number of anilines is 1. The van der Waals surface area contributed by atoms with Gasteiger partial charge in [0.25, 0.3) is 0 Å². The fourth-order valence-electron chi connectivity index (χ4n) is 1.44. The Morgan fingerprint density at radius 1 is 0.895 bits per heavy atom. The predicted molar refractivity (Wildman–Crippen MR) is 55.4 cm³/mol. The van der Waals surface area contributed by atoms with Crippen LogP contribution in [-0.4, -0.2) is 18.1 Å². The summed E-state index contributed by atoms with van der Waals surface area (Å²) in [5.74, 6) is -5.48. The fraction of sp³-hybridized carbons (Fsp3) is 0.455. The third-order valence-corrected chi connectivity index (χ3v) is 2.49. The lowest BCUT2D eigenvalue weighted by atomic mass is 10.1. The largest absolute Gasteiger partial charge is 0.451 e. The molecular weight excluding hydrogens is 279 g/mol. The smallest absolute Gasteiger partial charge is 0.338 e. The van der Waals surface area contributed by atoms with E-state index < -0.39 is 23.8 Å². The Morgan fingerprint density at radius 3 is 1.79 bits per heavy atom. The topological polar surface area (TPSA) is 12.0 Å². The minimum atomic E-state index is -6.12. The molecule has 1 aromatic rings. The van der Waals surface area contributed by atoms with Gasteiger partial charge in [-0.3, -0.25) is 0 Å². The molecule has 0 amide bonds. The Kier molecular flexibility index (Phi) is 4.02. The van der Waals surface area contributed by atoms with Gasteiger partial charge in [0, 0.05) is 5.69 Å². The SMILES string of the molecule is CCc1ccccc1NC(F)(C(F)(F)F)C(F)(F)F. The van der Waals surface area contributed by atoms with E-state index in [0.717, 1.165) is 11.4 Å². The molecule has 0 atom stereocenters. The van der Waals surface area contributed by atoms with Crippen LogP contribution in [0, 0.1) is 0 Å². The highest BCUT2D eigenvalue weighted by molar-refractivity contribution is 5.53. The second kappa shape index (κ2) is 4.90. The molecule has 1 nitrogen and oxygen atoms in total. The molecule has 0 unspecified atom stereocenters. The Morgan fingerprint density at radius 2 is 1.37 bits per heavy atom. The lowest BCUT2D eigenvalue weighted by molar-refractivity contribution is -0.330. The quantitative estimate of drug-likeness (QED) is 0.640. The van der Waals surface area contributed by atoms with Crippen LogP contribution in [0.4, 0.5) is 36.4 Å². The molecule has 0 aromatic heterocycles. The number of halogens is 7. The van der Waals surface area contributed by atoms with Crippen molar-refractivity contribution in [2.45, 2.75) is 31.5 Å². The van der Waals surface area contributed by atoms with E-state index in [-0.39, 0.29) is 12.0 Å². The first-order valence-electron chi connectivity index (χ1n) is 5.21. The van der Waals surface area contributed by atoms with E-state index >= 15 is 0 Å². The average Bonchev–Trinajstić information content (AvgIpc) is 2.26. The zero-order chi connectivity index (χ0) is 14.9. The number of hydrogen-bond acceptors (Lipinski definition) is 1. The van der Waals surface area contributed by atoms with Crippen LogP contribution < -0.4 is 5.32 Å². The van der Waals surface area contributed by atoms with Gasteiger partial charge in [-0.1, -0.05) is 25.1 Å². The van der Waals surface area contributed by atoms with Gasteiger partial charge < -0.3 is 5.32 Å². The molecule has 0 aliphatic heterocycles. The van der Waals surface area contributed by atoms with Gasteiger partial charge in [-0.05, 0) is 18.1 Å². The first kappa shape index (κ1) is 15.6. The van der Waals surface area contributed by atoms with E-state index in [1.54, 1.807) is 0 Å². The summed E-state index contributed by atoms with van der Waals surface area (Å²) in [5.41, 5.74) is -0.389. The maximum absolute atomic E-state index is 13.4. The number of aryl methyl sites for hydroxylation is 1. The number of hydrogen-bond donors (Lipinski definition) is 1. The van der Waals surface area contributed by atoms with Crippen molar-refractivity contribution in [2.75, 3.05) is 5.32 Å². The van der Waals surface area contributed by atoms with Crippen LogP contribution in [0.25, 0.3) is 0 Å². The van der Waals surface area contributed by atoms with E-state index in [2.05, 4.69) is 0 Å². The maximum atomic E-state index is 13.4. The van der Waals surface area contributed by atoms with Gasteiger partial charge in [-0.2, -0.15) is 30.7 Å². The lowest BCUT2D eigenvalue weighted by Crippen LogP contribution is -2.59. The van der Waals surface area contributed by atoms with Crippen LogP contribution in [0.5, 0.6) is 0 Å². The summed E-state index contributed by atoms with van der Waals surface area (Å²) in [6, 6.07) is 4.93. The number of alkyl halides is 7. The zero-order valence-electron chi connectivity index (χ0n) is 9.66. The Balaban J connectivity index is 3.24.